The average Bonchev–Trinajstić information content (AvgIpc) is 3.23. The van der Waals surface area contributed by atoms with Crippen molar-refractivity contribution < 1.29 is 29.0 Å². The average molecular weight is 439 g/mol. The molecule has 4 aromatic rings. The fraction of sp³-hybridized carbons (Fsp3) is 0.0435. The third-order valence-electron chi connectivity index (χ3n) is 4.72. The third-order valence-corrected chi connectivity index (χ3v) is 5.61. The number of carbonyl (C=O) groups is 1. The topological polar surface area (TPSA) is 76.0 Å². The first-order chi connectivity index (χ1) is 15.0. The van der Waals surface area contributed by atoms with Gasteiger partial charge in [-0.15, -0.1) is 11.3 Å². The molecular formula is C23H17F2N2O3S+. The number of aromatic nitrogens is 1. The van der Waals surface area contributed by atoms with Gasteiger partial charge in [0.1, 0.15) is 16.6 Å². The molecule has 0 bridgehead atoms. The lowest BCUT2D eigenvalue weighted by atomic mass is 9.96. The Morgan fingerprint density at radius 1 is 1.03 bits per heavy atom. The Kier molecular flexibility index (Phi) is 5.85. The van der Waals surface area contributed by atoms with Gasteiger partial charge in [0.25, 0.3) is 0 Å². The van der Waals surface area contributed by atoms with Gasteiger partial charge < -0.3 is 5.11 Å². The van der Waals surface area contributed by atoms with Crippen molar-refractivity contribution in [2.45, 2.75) is 0 Å². The lowest BCUT2D eigenvalue weighted by Crippen LogP contribution is -2.76. The molecular weight excluding hydrogens is 422 g/mol. The van der Waals surface area contributed by atoms with E-state index in [0.29, 0.717) is 21.7 Å². The van der Waals surface area contributed by atoms with Crippen molar-refractivity contribution in [3.05, 3.63) is 83.2 Å². The highest BCUT2D eigenvalue weighted by molar-refractivity contribution is 7.13. The van der Waals surface area contributed by atoms with Crippen LogP contribution in [-0.2, 0) is 4.84 Å². The van der Waals surface area contributed by atoms with Gasteiger partial charge in [0.05, 0.1) is 23.9 Å². The molecule has 0 aliphatic rings. The normalized spacial score (nSPS) is 10.9. The molecule has 1 aromatic heterocycles. The van der Waals surface area contributed by atoms with Gasteiger partial charge in [-0.25, -0.2) is 23.4 Å². The number of carboxylic acid groups (broad SMARTS) is 1. The maximum atomic E-state index is 14.1. The second-order valence-electron chi connectivity index (χ2n) is 6.64. The number of aromatic carboxylic acids is 1. The Bertz CT molecular complexity index is 1250. The van der Waals surface area contributed by atoms with E-state index in [2.05, 4.69) is 4.98 Å². The van der Waals surface area contributed by atoms with Crippen LogP contribution < -0.4 is 5.48 Å². The lowest BCUT2D eigenvalue weighted by molar-refractivity contribution is -0.829. The number of rotatable bonds is 6. The molecule has 156 valence electrons. The van der Waals surface area contributed by atoms with Gasteiger partial charge >= 0.3 is 5.97 Å². The number of quaternary nitrogens is 1. The minimum atomic E-state index is -1.10. The zero-order valence-corrected chi connectivity index (χ0v) is 17.1. The summed E-state index contributed by atoms with van der Waals surface area (Å²) in [4.78, 5) is 21.5. The van der Waals surface area contributed by atoms with Crippen molar-refractivity contribution in [1.29, 1.82) is 0 Å². The van der Waals surface area contributed by atoms with Crippen molar-refractivity contribution in [3.8, 4) is 33.0 Å². The van der Waals surface area contributed by atoms with Crippen molar-refractivity contribution in [2.75, 3.05) is 7.11 Å². The third kappa shape index (κ3) is 4.09. The summed E-state index contributed by atoms with van der Waals surface area (Å²) in [7, 11) is 1.52. The summed E-state index contributed by atoms with van der Waals surface area (Å²) in [5.74, 6) is -2.50. The number of hydrogen-bond donors (Lipinski definition) is 2. The first-order valence-electron chi connectivity index (χ1n) is 9.22. The van der Waals surface area contributed by atoms with E-state index in [-0.39, 0.29) is 16.8 Å². The molecule has 0 fully saturated rings. The molecule has 0 saturated heterocycles. The molecule has 0 spiro atoms. The van der Waals surface area contributed by atoms with E-state index in [1.54, 1.807) is 23.0 Å². The fourth-order valence-electron chi connectivity index (χ4n) is 3.32. The van der Waals surface area contributed by atoms with Gasteiger partial charge in [-0.2, -0.15) is 5.48 Å². The summed E-state index contributed by atoms with van der Waals surface area (Å²) in [6.07, 6.45) is 0. The van der Waals surface area contributed by atoms with Gasteiger partial charge in [0.2, 0.25) is 0 Å². The van der Waals surface area contributed by atoms with Gasteiger partial charge in [0.15, 0.2) is 5.69 Å². The van der Waals surface area contributed by atoms with Crippen LogP contribution in [0.5, 0.6) is 0 Å². The van der Waals surface area contributed by atoms with Gasteiger partial charge in [-0.3, -0.25) is 0 Å². The van der Waals surface area contributed by atoms with Crippen LogP contribution in [0.4, 0.5) is 14.5 Å². The van der Waals surface area contributed by atoms with Gasteiger partial charge in [-0.1, -0.05) is 30.3 Å². The highest BCUT2D eigenvalue weighted by Crippen LogP contribution is 2.35. The second kappa shape index (κ2) is 8.73. The van der Waals surface area contributed by atoms with Crippen molar-refractivity contribution in [2.24, 2.45) is 0 Å². The number of carboxylic acids is 1. The SMILES string of the molecule is CO[NH2+]c1ccccc1-c1ccc(-c2nc(-c3c(F)cccc3F)cs2)cc1C(=O)O. The second-order valence-corrected chi connectivity index (χ2v) is 7.50. The maximum Gasteiger partial charge on any atom is 0.336 e. The minimum absolute atomic E-state index is 0.0864. The van der Waals surface area contributed by atoms with Crippen LogP contribution in [0.15, 0.2) is 66.0 Å². The van der Waals surface area contributed by atoms with E-state index in [4.69, 9.17) is 4.84 Å². The monoisotopic (exact) mass is 439 g/mol. The van der Waals surface area contributed by atoms with Crippen LogP contribution in [0.2, 0.25) is 0 Å². The number of nitrogens with zero attached hydrogens (tertiary/aromatic N) is 1. The van der Waals surface area contributed by atoms with Gasteiger partial charge in [-0.05, 0) is 24.3 Å². The van der Waals surface area contributed by atoms with Crippen LogP contribution in [0.3, 0.4) is 0 Å². The molecule has 8 heteroatoms. The van der Waals surface area contributed by atoms with Crippen LogP contribution in [0.25, 0.3) is 33.0 Å². The van der Waals surface area contributed by atoms with Crippen molar-refractivity contribution in [3.63, 3.8) is 0 Å². The molecule has 3 N–H and O–H groups in total. The molecule has 1 heterocycles. The molecule has 0 saturated carbocycles. The Morgan fingerprint density at radius 2 is 1.77 bits per heavy atom. The van der Waals surface area contributed by atoms with Crippen LogP contribution in [0.1, 0.15) is 10.4 Å². The fourth-order valence-corrected chi connectivity index (χ4v) is 4.13. The first kappa shape index (κ1) is 20.8. The van der Waals surface area contributed by atoms with Crippen LogP contribution in [-0.4, -0.2) is 23.2 Å². The number of nitrogens with two attached hydrogens (primary N) is 1. The van der Waals surface area contributed by atoms with E-state index in [1.165, 1.54) is 42.7 Å². The molecule has 0 amide bonds. The summed E-state index contributed by atoms with van der Waals surface area (Å²) in [6, 6.07) is 15.9. The number of halogens is 2. The van der Waals surface area contributed by atoms with Crippen LogP contribution >= 0.6 is 11.3 Å². The van der Waals surface area contributed by atoms with E-state index < -0.39 is 17.6 Å². The van der Waals surface area contributed by atoms with Gasteiger partial charge in [0, 0.05) is 28.1 Å². The molecule has 0 atom stereocenters. The Hall–Kier alpha value is -3.46. The molecule has 3 aromatic carbocycles. The van der Waals surface area contributed by atoms with Crippen molar-refractivity contribution in [1.82, 2.24) is 4.98 Å². The number of thiazole rings is 1. The molecule has 31 heavy (non-hydrogen) atoms. The molecule has 0 radical (unpaired) electrons. The first-order valence-corrected chi connectivity index (χ1v) is 10.1. The number of hydrogen-bond acceptors (Lipinski definition) is 4. The van der Waals surface area contributed by atoms with E-state index >= 15 is 0 Å². The highest BCUT2D eigenvalue weighted by Gasteiger charge is 2.20. The Labute approximate surface area is 180 Å². The quantitative estimate of drug-likeness (QED) is 0.332. The molecule has 4 rings (SSSR count). The molecule has 0 aliphatic heterocycles. The number of benzene rings is 3. The summed E-state index contributed by atoms with van der Waals surface area (Å²) in [5, 5.41) is 11.8. The minimum Gasteiger partial charge on any atom is -0.478 e. The standard InChI is InChI=1S/C23H16F2N2O3S/c1-30-27-19-8-3-2-5-15(19)14-10-9-13(11-16(14)23(28)29)22-26-20(12-31-22)21-17(24)6-4-7-18(21)25/h2-12,27H,1H3,(H,28,29)/p+1. The Morgan fingerprint density at radius 3 is 2.48 bits per heavy atom. The largest absolute Gasteiger partial charge is 0.478 e. The molecule has 0 aliphatic carbocycles. The molecule has 0 unspecified atom stereocenters. The van der Waals surface area contributed by atoms with E-state index in [1.807, 2.05) is 24.3 Å². The van der Waals surface area contributed by atoms with E-state index in [9.17, 15) is 18.7 Å². The zero-order valence-electron chi connectivity index (χ0n) is 16.3. The smallest absolute Gasteiger partial charge is 0.336 e. The lowest BCUT2D eigenvalue weighted by Gasteiger charge is -2.10. The van der Waals surface area contributed by atoms with E-state index in [0.717, 1.165) is 5.69 Å². The summed E-state index contributed by atoms with van der Waals surface area (Å²) in [5.41, 5.74) is 4.11. The molecule has 5 nitrogen and oxygen atoms in total. The maximum absolute atomic E-state index is 14.1. The highest BCUT2D eigenvalue weighted by atomic mass is 32.1. The summed E-state index contributed by atoms with van der Waals surface area (Å²) in [6.45, 7) is 0. The zero-order chi connectivity index (χ0) is 22.0. The Balaban J connectivity index is 1.78. The predicted octanol–water partition coefficient (Wildman–Crippen LogP) is 4.88. The predicted molar refractivity (Wildman–Crippen MR) is 114 cm³/mol. The van der Waals surface area contributed by atoms with Crippen LogP contribution in [0, 0.1) is 11.6 Å². The summed E-state index contributed by atoms with van der Waals surface area (Å²) >= 11 is 1.18. The van der Waals surface area contributed by atoms with Crippen molar-refractivity contribution >= 4 is 23.0 Å². The summed E-state index contributed by atoms with van der Waals surface area (Å²) < 4.78 is 28.2.